The van der Waals surface area contributed by atoms with Crippen LogP contribution < -0.4 is 4.74 Å². The molecule has 0 saturated heterocycles. The van der Waals surface area contributed by atoms with E-state index in [9.17, 15) is 40.0 Å². The summed E-state index contributed by atoms with van der Waals surface area (Å²) in [6, 6.07) is 10.4. The summed E-state index contributed by atoms with van der Waals surface area (Å²) in [5.74, 6) is -0.788. The Morgan fingerprint density at radius 3 is 1.92 bits per heavy atom. The number of amides is 1. The highest BCUT2D eigenvalue weighted by atomic mass is 32.2. The summed E-state index contributed by atoms with van der Waals surface area (Å²) < 4.78 is 87.6. The highest BCUT2D eigenvalue weighted by Gasteiger charge is 2.46. The number of rotatable bonds is 6. The molecule has 0 aromatic heterocycles. The zero-order valence-electron chi connectivity index (χ0n) is 22.1. The van der Waals surface area contributed by atoms with Crippen molar-refractivity contribution in [2.75, 3.05) is 21.3 Å². The number of ether oxygens (including phenoxy) is 1. The molecule has 0 aliphatic rings. The minimum atomic E-state index is -5.34. The first kappa shape index (κ1) is 36.8. The van der Waals surface area contributed by atoms with Gasteiger partial charge in [0.05, 0.1) is 14.2 Å². The number of nitrogens with zero attached hydrogens (tertiary/aromatic N) is 1. The molecule has 0 unspecified atom stereocenters. The second kappa shape index (κ2) is 18.0. The van der Waals surface area contributed by atoms with Crippen molar-refractivity contribution in [1.29, 1.82) is 0 Å². The SMILES string of the molecule is CC.COS(=O)(=O)C(F)(F)F.COc1ccc(C)cc1.Cc1c(F)ccc(CN(C)C(=O)/C=C\C=O)c1F. The number of alkyl halides is 3. The van der Waals surface area contributed by atoms with E-state index in [2.05, 4.69) is 11.1 Å². The maximum atomic E-state index is 13.7. The maximum Gasteiger partial charge on any atom is 0.523 e. The molecule has 0 aliphatic carbocycles. The number of likely N-dealkylation sites (N-methyl/N-ethyl adjacent to an activating group) is 1. The standard InChI is InChI=1S/C13H13F2NO2.C8H10O.C2H3F3O3S.C2H6/c1-9-11(14)6-5-10(13(9)15)8-16(2)12(18)4-3-7-17;1-7-3-5-8(9-2)6-4-7;1-8-9(6,7)2(3,4)5;1-2/h3-7H,8H2,1-2H3;3-6H,1-2H3;1H3;1-2H3/b4-3-;;;. The number of allylic oxidation sites excluding steroid dienone is 1. The molecule has 0 spiro atoms. The number of aryl methyl sites for hydroxylation is 1. The fourth-order valence-corrected chi connectivity index (χ4v) is 2.38. The maximum absolute atomic E-state index is 13.7. The molecule has 2 aromatic rings. The number of methoxy groups -OCH3 is 1. The molecule has 0 fully saturated rings. The largest absolute Gasteiger partial charge is 0.523 e. The first-order chi connectivity index (χ1) is 17.6. The fraction of sp³-hybridized carbons (Fsp3) is 0.360. The lowest BCUT2D eigenvalue weighted by molar-refractivity contribution is -0.125. The Hall–Kier alpha value is -3.32. The van der Waals surface area contributed by atoms with Crippen molar-refractivity contribution in [3.05, 3.63) is 76.9 Å². The van der Waals surface area contributed by atoms with Crippen LogP contribution in [0.5, 0.6) is 5.75 Å². The Labute approximate surface area is 220 Å². The molecule has 0 aliphatic heterocycles. The smallest absolute Gasteiger partial charge is 0.497 e. The van der Waals surface area contributed by atoms with Gasteiger partial charge in [-0.1, -0.05) is 37.6 Å². The van der Waals surface area contributed by atoms with Gasteiger partial charge in [0, 0.05) is 30.8 Å². The molecule has 0 saturated carbocycles. The average molecular weight is 570 g/mol. The van der Waals surface area contributed by atoms with Gasteiger partial charge in [0.15, 0.2) is 0 Å². The van der Waals surface area contributed by atoms with Gasteiger partial charge >= 0.3 is 15.6 Å². The van der Waals surface area contributed by atoms with Gasteiger partial charge in [-0.25, -0.2) is 8.78 Å². The molecular formula is C25H32F5NO6S. The molecular weight excluding hydrogens is 537 g/mol. The lowest BCUT2D eigenvalue weighted by atomic mass is 10.1. The van der Waals surface area contributed by atoms with Crippen LogP contribution in [0.25, 0.3) is 0 Å². The van der Waals surface area contributed by atoms with E-state index in [0.29, 0.717) is 13.4 Å². The van der Waals surface area contributed by atoms with Crippen LogP contribution >= 0.6 is 0 Å². The third-order valence-corrected chi connectivity index (χ3v) is 5.27. The van der Waals surface area contributed by atoms with Crippen LogP contribution in [0.1, 0.15) is 30.5 Å². The molecule has 0 heterocycles. The molecule has 1 amide bonds. The third kappa shape index (κ3) is 13.3. The zero-order valence-corrected chi connectivity index (χ0v) is 22.9. The normalized spacial score (nSPS) is 10.6. The summed E-state index contributed by atoms with van der Waals surface area (Å²) in [4.78, 5) is 22.8. The monoisotopic (exact) mass is 569 g/mol. The van der Waals surface area contributed by atoms with Gasteiger partial charge < -0.3 is 9.64 Å². The molecule has 214 valence electrons. The number of hydrogen-bond donors (Lipinski definition) is 0. The molecule has 7 nitrogen and oxygen atoms in total. The number of benzene rings is 2. The average Bonchev–Trinajstić information content (AvgIpc) is 2.89. The van der Waals surface area contributed by atoms with Gasteiger partial charge in [-0.3, -0.25) is 13.8 Å². The molecule has 0 N–H and O–H groups in total. The number of carbonyl (C=O) groups is 2. The van der Waals surface area contributed by atoms with Crippen LogP contribution in [0.3, 0.4) is 0 Å². The highest BCUT2D eigenvalue weighted by Crippen LogP contribution is 2.23. The Balaban J connectivity index is 0. The Kier molecular flexibility index (Phi) is 17.5. The zero-order chi connectivity index (χ0) is 30.1. The first-order valence-corrected chi connectivity index (χ1v) is 12.3. The van der Waals surface area contributed by atoms with Gasteiger partial charge in [0.2, 0.25) is 5.91 Å². The molecule has 0 atom stereocenters. The van der Waals surface area contributed by atoms with Crippen LogP contribution in [0.2, 0.25) is 0 Å². The quantitative estimate of drug-likeness (QED) is 0.150. The Morgan fingerprint density at radius 2 is 1.53 bits per heavy atom. The van der Waals surface area contributed by atoms with Gasteiger partial charge in [0.1, 0.15) is 23.7 Å². The van der Waals surface area contributed by atoms with Crippen LogP contribution in [-0.2, 0) is 30.4 Å². The van der Waals surface area contributed by atoms with E-state index in [-0.39, 0.29) is 17.7 Å². The molecule has 2 rings (SSSR count). The van der Waals surface area contributed by atoms with Crippen molar-refractivity contribution in [2.24, 2.45) is 0 Å². The van der Waals surface area contributed by atoms with Crippen LogP contribution in [-0.4, -0.2) is 52.3 Å². The van der Waals surface area contributed by atoms with Crippen molar-refractivity contribution < 1.29 is 48.9 Å². The summed E-state index contributed by atoms with van der Waals surface area (Å²) in [5, 5.41) is 0. The van der Waals surface area contributed by atoms with Gasteiger partial charge in [-0.15, -0.1) is 0 Å². The molecule has 0 radical (unpaired) electrons. The number of carbonyl (C=O) groups excluding carboxylic acids is 2. The topological polar surface area (TPSA) is 90.0 Å². The van der Waals surface area contributed by atoms with Crippen LogP contribution in [0.4, 0.5) is 22.0 Å². The Morgan fingerprint density at radius 1 is 1.00 bits per heavy atom. The fourth-order valence-electron chi connectivity index (χ4n) is 2.19. The lowest BCUT2D eigenvalue weighted by Gasteiger charge is -2.16. The number of halogens is 5. The molecule has 38 heavy (non-hydrogen) atoms. The van der Waals surface area contributed by atoms with Crippen LogP contribution in [0.15, 0.2) is 48.6 Å². The summed E-state index contributed by atoms with van der Waals surface area (Å²) in [7, 11) is -1.75. The van der Waals surface area contributed by atoms with Gasteiger partial charge in [-0.05, 0) is 38.1 Å². The van der Waals surface area contributed by atoms with E-state index in [0.717, 1.165) is 24.0 Å². The van der Waals surface area contributed by atoms with Crippen LogP contribution in [0, 0.1) is 25.5 Å². The summed E-state index contributed by atoms with van der Waals surface area (Å²) >= 11 is 0. The molecule has 13 heteroatoms. The van der Waals surface area contributed by atoms with E-state index in [4.69, 9.17) is 4.74 Å². The van der Waals surface area contributed by atoms with E-state index >= 15 is 0 Å². The highest BCUT2D eigenvalue weighted by molar-refractivity contribution is 7.87. The van der Waals surface area contributed by atoms with E-state index in [1.165, 1.54) is 30.5 Å². The third-order valence-electron chi connectivity index (χ3n) is 4.26. The van der Waals surface area contributed by atoms with Crippen molar-refractivity contribution in [3.63, 3.8) is 0 Å². The second-order valence-electron chi connectivity index (χ2n) is 6.92. The van der Waals surface area contributed by atoms with E-state index in [1.54, 1.807) is 7.11 Å². The second-order valence-corrected chi connectivity index (χ2v) is 8.62. The minimum Gasteiger partial charge on any atom is -0.497 e. The molecule has 2 aromatic carbocycles. The van der Waals surface area contributed by atoms with E-state index < -0.39 is 33.2 Å². The van der Waals surface area contributed by atoms with Crippen molar-refractivity contribution in [2.45, 2.75) is 39.7 Å². The van der Waals surface area contributed by atoms with Gasteiger partial charge in [0.25, 0.3) is 0 Å². The van der Waals surface area contributed by atoms with Gasteiger partial charge in [-0.2, -0.15) is 21.6 Å². The number of hydrogen-bond acceptors (Lipinski definition) is 6. The van der Waals surface area contributed by atoms with Crippen molar-refractivity contribution in [3.8, 4) is 5.75 Å². The minimum absolute atomic E-state index is 0.00891. The predicted octanol–water partition coefficient (Wildman–Crippen LogP) is 5.50. The van der Waals surface area contributed by atoms with Crippen molar-refractivity contribution >= 4 is 22.3 Å². The summed E-state index contributed by atoms with van der Waals surface area (Å²) in [6.07, 6.45) is 2.63. The molecule has 0 bridgehead atoms. The summed E-state index contributed by atoms with van der Waals surface area (Å²) in [5.41, 5.74) is -3.89. The predicted molar refractivity (Wildman–Crippen MR) is 134 cm³/mol. The first-order valence-electron chi connectivity index (χ1n) is 10.9. The summed E-state index contributed by atoms with van der Waals surface area (Å²) in [6.45, 7) is 7.40. The van der Waals surface area contributed by atoms with Crippen molar-refractivity contribution in [1.82, 2.24) is 4.90 Å². The Bertz CT molecular complexity index is 1130. The number of aldehydes is 1. The van der Waals surface area contributed by atoms with E-state index in [1.807, 2.05) is 38.1 Å². The lowest BCUT2D eigenvalue weighted by Crippen LogP contribution is -2.25.